The number of hydrogen-bond donors (Lipinski definition) is 1. The molecule has 0 atom stereocenters. The van der Waals surface area contributed by atoms with Gasteiger partial charge in [0.05, 0.1) is 12.7 Å². The molecule has 0 aliphatic rings. The highest BCUT2D eigenvalue weighted by Gasteiger charge is 2.03. The maximum Gasteiger partial charge on any atom is 0.337 e. The van der Waals surface area contributed by atoms with Crippen molar-refractivity contribution in [1.82, 2.24) is 5.32 Å². The predicted octanol–water partition coefficient (Wildman–Crippen LogP) is 3.46. The summed E-state index contributed by atoms with van der Waals surface area (Å²) in [6.07, 6.45) is 0.956. The van der Waals surface area contributed by atoms with Crippen LogP contribution >= 0.6 is 11.6 Å². The first-order valence-corrected chi connectivity index (χ1v) is 7.19. The lowest BCUT2D eigenvalue weighted by Gasteiger charge is -2.06. The number of esters is 1. The highest BCUT2D eigenvalue weighted by Crippen LogP contribution is 2.10. The summed E-state index contributed by atoms with van der Waals surface area (Å²) in [4.78, 5) is 11.3. The topological polar surface area (TPSA) is 38.3 Å². The Hall–Kier alpha value is -1.84. The summed E-state index contributed by atoms with van der Waals surface area (Å²) in [5.74, 6) is -0.308. The van der Waals surface area contributed by atoms with Crippen LogP contribution in [0.2, 0.25) is 5.02 Å². The quantitative estimate of drug-likeness (QED) is 0.656. The van der Waals surface area contributed by atoms with Crippen molar-refractivity contribution >= 4 is 17.6 Å². The lowest BCUT2D eigenvalue weighted by molar-refractivity contribution is 0.0600. The maximum atomic E-state index is 11.3. The van der Waals surface area contributed by atoms with Crippen LogP contribution in [0.3, 0.4) is 0 Å². The van der Waals surface area contributed by atoms with E-state index in [0.29, 0.717) is 5.56 Å². The molecule has 0 aromatic heterocycles. The van der Waals surface area contributed by atoms with Gasteiger partial charge in [0.15, 0.2) is 0 Å². The number of halogens is 1. The van der Waals surface area contributed by atoms with Crippen molar-refractivity contribution in [2.75, 3.05) is 13.7 Å². The molecule has 4 heteroatoms. The van der Waals surface area contributed by atoms with E-state index < -0.39 is 0 Å². The Labute approximate surface area is 129 Å². The van der Waals surface area contributed by atoms with E-state index in [1.165, 1.54) is 12.7 Å². The fourth-order valence-corrected chi connectivity index (χ4v) is 2.12. The van der Waals surface area contributed by atoms with Gasteiger partial charge in [0, 0.05) is 11.6 Å². The van der Waals surface area contributed by atoms with Gasteiger partial charge in [-0.05, 0) is 48.4 Å². The summed E-state index contributed by atoms with van der Waals surface area (Å²) in [5, 5.41) is 4.14. The summed E-state index contributed by atoms with van der Waals surface area (Å²) in [6.45, 7) is 1.66. The average Bonchev–Trinajstić information content (AvgIpc) is 2.53. The van der Waals surface area contributed by atoms with Crippen molar-refractivity contribution in [2.24, 2.45) is 0 Å². The molecular formula is C17H18ClNO2. The van der Waals surface area contributed by atoms with Gasteiger partial charge in [-0.15, -0.1) is 0 Å². The second-order valence-electron chi connectivity index (χ2n) is 4.74. The van der Waals surface area contributed by atoms with Crippen LogP contribution in [-0.2, 0) is 17.7 Å². The highest BCUT2D eigenvalue weighted by atomic mass is 35.5. The average molecular weight is 304 g/mol. The number of ether oxygens (including phenoxy) is 1. The van der Waals surface area contributed by atoms with Gasteiger partial charge in [0.2, 0.25) is 0 Å². The third kappa shape index (κ3) is 4.88. The zero-order chi connectivity index (χ0) is 15.1. The smallest absolute Gasteiger partial charge is 0.337 e. The Kier molecular flexibility index (Phi) is 5.78. The van der Waals surface area contributed by atoms with E-state index in [0.717, 1.165) is 30.1 Å². The summed E-state index contributed by atoms with van der Waals surface area (Å²) >= 11 is 5.85. The molecule has 21 heavy (non-hydrogen) atoms. The summed E-state index contributed by atoms with van der Waals surface area (Å²) in [7, 11) is 1.38. The number of carbonyl (C=O) groups excluding carboxylic acids is 1. The van der Waals surface area contributed by atoms with Crippen LogP contribution in [0.5, 0.6) is 0 Å². The first kappa shape index (κ1) is 15.5. The highest BCUT2D eigenvalue weighted by molar-refractivity contribution is 6.30. The lowest BCUT2D eigenvalue weighted by atomic mass is 10.1. The molecular weight excluding hydrogens is 286 g/mol. The molecule has 0 aliphatic carbocycles. The number of methoxy groups -OCH3 is 1. The molecule has 0 fully saturated rings. The van der Waals surface area contributed by atoms with E-state index in [1.54, 1.807) is 12.1 Å². The first-order valence-electron chi connectivity index (χ1n) is 6.81. The molecule has 2 aromatic carbocycles. The minimum absolute atomic E-state index is 0.308. The minimum Gasteiger partial charge on any atom is -0.465 e. The molecule has 0 amide bonds. The summed E-state index contributed by atoms with van der Waals surface area (Å²) in [5.41, 5.74) is 2.97. The lowest BCUT2D eigenvalue weighted by Crippen LogP contribution is -2.16. The molecule has 1 N–H and O–H groups in total. The largest absolute Gasteiger partial charge is 0.465 e. The van der Waals surface area contributed by atoms with E-state index in [-0.39, 0.29) is 5.97 Å². The van der Waals surface area contributed by atoms with Gasteiger partial charge in [0.1, 0.15) is 0 Å². The van der Waals surface area contributed by atoms with Crippen molar-refractivity contribution in [3.8, 4) is 0 Å². The second kappa shape index (κ2) is 7.81. The molecule has 0 radical (unpaired) electrons. The van der Waals surface area contributed by atoms with Crippen LogP contribution in [-0.4, -0.2) is 19.6 Å². The zero-order valence-electron chi connectivity index (χ0n) is 11.9. The second-order valence-corrected chi connectivity index (χ2v) is 5.18. The molecule has 0 bridgehead atoms. The van der Waals surface area contributed by atoms with Crippen LogP contribution in [0.4, 0.5) is 0 Å². The van der Waals surface area contributed by atoms with Crippen LogP contribution in [0.25, 0.3) is 0 Å². The Morgan fingerprint density at radius 1 is 1.05 bits per heavy atom. The predicted molar refractivity (Wildman–Crippen MR) is 84.6 cm³/mol. The van der Waals surface area contributed by atoms with Crippen molar-refractivity contribution in [3.63, 3.8) is 0 Å². The number of hydrogen-bond acceptors (Lipinski definition) is 3. The first-order chi connectivity index (χ1) is 10.2. The van der Waals surface area contributed by atoms with Crippen LogP contribution < -0.4 is 5.32 Å². The van der Waals surface area contributed by atoms with E-state index in [4.69, 9.17) is 11.6 Å². The molecule has 0 aliphatic heterocycles. The van der Waals surface area contributed by atoms with Gasteiger partial charge >= 0.3 is 5.97 Å². The third-order valence-electron chi connectivity index (χ3n) is 3.21. The Balaban J connectivity index is 1.75. The number of carbonyl (C=O) groups is 1. The van der Waals surface area contributed by atoms with Crippen molar-refractivity contribution < 1.29 is 9.53 Å². The summed E-state index contributed by atoms with van der Waals surface area (Å²) < 4.78 is 4.67. The van der Waals surface area contributed by atoms with Gasteiger partial charge in [-0.3, -0.25) is 0 Å². The van der Waals surface area contributed by atoms with Crippen molar-refractivity contribution in [1.29, 1.82) is 0 Å². The molecule has 2 rings (SSSR count). The van der Waals surface area contributed by atoms with E-state index in [1.807, 2.05) is 36.4 Å². The van der Waals surface area contributed by atoms with Crippen LogP contribution in [0, 0.1) is 0 Å². The SMILES string of the molecule is COC(=O)c1ccc(CNCCc2ccc(Cl)cc2)cc1. The van der Waals surface area contributed by atoms with Crippen molar-refractivity contribution in [2.45, 2.75) is 13.0 Å². The number of nitrogens with one attached hydrogen (secondary N) is 1. The monoisotopic (exact) mass is 303 g/mol. The Morgan fingerprint density at radius 3 is 2.29 bits per heavy atom. The molecule has 2 aromatic rings. The van der Waals surface area contributed by atoms with Gasteiger partial charge in [-0.1, -0.05) is 35.9 Å². The van der Waals surface area contributed by atoms with Crippen molar-refractivity contribution in [3.05, 3.63) is 70.2 Å². The third-order valence-corrected chi connectivity index (χ3v) is 3.46. The number of benzene rings is 2. The van der Waals surface area contributed by atoms with Gasteiger partial charge < -0.3 is 10.1 Å². The standard InChI is InChI=1S/C17H18ClNO2/c1-21-17(20)15-6-2-14(3-7-15)12-19-11-10-13-4-8-16(18)9-5-13/h2-9,19H,10-12H2,1H3. The Morgan fingerprint density at radius 2 is 1.67 bits per heavy atom. The molecule has 3 nitrogen and oxygen atoms in total. The molecule has 0 heterocycles. The van der Waals surface area contributed by atoms with Crippen LogP contribution in [0.1, 0.15) is 21.5 Å². The minimum atomic E-state index is -0.308. The van der Waals surface area contributed by atoms with Gasteiger partial charge in [-0.25, -0.2) is 4.79 Å². The molecule has 0 spiro atoms. The van der Waals surface area contributed by atoms with E-state index in [2.05, 4.69) is 10.1 Å². The number of rotatable bonds is 6. The molecule has 0 saturated carbocycles. The zero-order valence-corrected chi connectivity index (χ0v) is 12.7. The normalized spacial score (nSPS) is 10.4. The molecule has 0 unspecified atom stereocenters. The van der Waals surface area contributed by atoms with Gasteiger partial charge in [0.25, 0.3) is 0 Å². The maximum absolute atomic E-state index is 11.3. The fraction of sp³-hybridized carbons (Fsp3) is 0.235. The van der Waals surface area contributed by atoms with Gasteiger partial charge in [-0.2, -0.15) is 0 Å². The molecule has 110 valence electrons. The fourth-order valence-electron chi connectivity index (χ4n) is 1.99. The Bertz CT molecular complexity index is 579. The van der Waals surface area contributed by atoms with E-state index >= 15 is 0 Å². The molecule has 0 saturated heterocycles. The summed E-state index contributed by atoms with van der Waals surface area (Å²) in [6, 6.07) is 15.3. The van der Waals surface area contributed by atoms with E-state index in [9.17, 15) is 4.79 Å². The van der Waals surface area contributed by atoms with Crippen LogP contribution in [0.15, 0.2) is 48.5 Å².